The fraction of sp³-hybridized carbons (Fsp3) is 0.929. The molecular formula is C14H22F3NO3. The number of aliphatic hydroxyl groups is 1. The number of carbonyl (C=O) groups is 1. The monoisotopic (exact) mass is 309 g/mol. The van der Waals surface area contributed by atoms with Crippen LogP contribution in [0, 0.1) is 5.92 Å². The molecule has 7 heteroatoms. The van der Waals surface area contributed by atoms with Crippen LogP contribution in [-0.4, -0.2) is 54.0 Å². The second kappa shape index (κ2) is 6.96. The molecule has 1 aliphatic carbocycles. The molecule has 4 nitrogen and oxygen atoms in total. The number of rotatable bonds is 4. The smallest absolute Gasteiger partial charge is 0.393 e. The number of carbonyl (C=O) groups excluding carboxylic acids is 1. The standard InChI is InChI=1S/C14H22F3NO3/c15-14(16,17)9-21-8-13(20)18-7-3-5-11(18)10-4-1-2-6-12(10)19/h10-12,19H,1-9H2/t10-,11+,12-/m0/s1. The van der Waals surface area contributed by atoms with Crippen LogP contribution in [0.15, 0.2) is 0 Å². The summed E-state index contributed by atoms with van der Waals surface area (Å²) in [5.74, 6) is -0.354. The van der Waals surface area contributed by atoms with E-state index < -0.39 is 31.4 Å². The molecule has 122 valence electrons. The summed E-state index contributed by atoms with van der Waals surface area (Å²) in [6.45, 7) is -1.40. The van der Waals surface area contributed by atoms with Crippen LogP contribution in [0.4, 0.5) is 13.2 Å². The molecule has 0 aromatic rings. The number of halogens is 3. The zero-order valence-electron chi connectivity index (χ0n) is 11.9. The zero-order valence-corrected chi connectivity index (χ0v) is 11.9. The van der Waals surface area contributed by atoms with Crippen LogP contribution in [-0.2, 0) is 9.53 Å². The Hall–Kier alpha value is -0.820. The van der Waals surface area contributed by atoms with Crippen LogP contribution in [0.5, 0.6) is 0 Å². The molecule has 2 fully saturated rings. The van der Waals surface area contributed by atoms with Crippen molar-refractivity contribution >= 4 is 5.91 Å². The molecule has 0 bridgehead atoms. The van der Waals surface area contributed by atoms with Gasteiger partial charge >= 0.3 is 6.18 Å². The molecule has 1 heterocycles. The Bertz CT molecular complexity index is 362. The molecule has 0 aromatic heterocycles. The Balaban J connectivity index is 1.87. The van der Waals surface area contributed by atoms with Crippen molar-refractivity contribution in [3.63, 3.8) is 0 Å². The fourth-order valence-electron chi connectivity index (χ4n) is 3.47. The maximum atomic E-state index is 12.0. The van der Waals surface area contributed by atoms with Crippen LogP contribution >= 0.6 is 0 Å². The van der Waals surface area contributed by atoms with E-state index in [9.17, 15) is 23.1 Å². The highest BCUT2D eigenvalue weighted by Gasteiger charge is 2.39. The van der Waals surface area contributed by atoms with Crippen molar-refractivity contribution in [2.24, 2.45) is 5.92 Å². The predicted molar refractivity (Wildman–Crippen MR) is 69.6 cm³/mol. The number of likely N-dealkylation sites (tertiary alicyclic amines) is 1. The number of amides is 1. The van der Waals surface area contributed by atoms with Gasteiger partial charge in [-0.05, 0) is 25.7 Å². The Kier molecular flexibility index (Phi) is 5.48. The summed E-state index contributed by atoms with van der Waals surface area (Å²) in [6, 6.07) is -0.0534. The van der Waals surface area contributed by atoms with E-state index in [2.05, 4.69) is 4.74 Å². The van der Waals surface area contributed by atoms with Gasteiger partial charge in [0.15, 0.2) is 0 Å². The van der Waals surface area contributed by atoms with Gasteiger partial charge in [-0.25, -0.2) is 0 Å². The number of alkyl halides is 3. The van der Waals surface area contributed by atoms with Gasteiger partial charge in [0, 0.05) is 18.5 Å². The number of hydrogen-bond acceptors (Lipinski definition) is 3. The minimum Gasteiger partial charge on any atom is -0.393 e. The summed E-state index contributed by atoms with van der Waals surface area (Å²) in [5, 5.41) is 10.1. The maximum absolute atomic E-state index is 12.0. The Morgan fingerprint density at radius 1 is 1.19 bits per heavy atom. The Labute approximate surface area is 122 Å². The van der Waals surface area contributed by atoms with Gasteiger partial charge in [0.2, 0.25) is 5.91 Å². The van der Waals surface area contributed by atoms with E-state index in [1.54, 1.807) is 4.90 Å². The second-order valence-electron chi connectivity index (χ2n) is 5.92. The maximum Gasteiger partial charge on any atom is 0.411 e. The van der Waals surface area contributed by atoms with Crippen molar-refractivity contribution in [1.29, 1.82) is 0 Å². The number of hydrogen-bond donors (Lipinski definition) is 1. The summed E-state index contributed by atoms with van der Waals surface area (Å²) in [7, 11) is 0. The van der Waals surface area contributed by atoms with E-state index in [1.165, 1.54) is 0 Å². The Morgan fingerprint density at radius 2 is 1.90 bits per heavy atom. The van der Waals surface area contributed by atoms with Gasteiger partial charge in [-0.3, -0.25) is 4.79 Å². The molecule has 2 rings (SSSR count). The molecule has 1 saturated carbocycles. The SMILES string of the molecule is O=C(COCC(F)(F)F)N1CCC[C@@H]1[C@@H]1CCCC[C@@H]1O. The van der Waals surface area contributed by atoms with Gasteiger partial charge in [-0.2, -0.15) is 13.2 Å². The van der Waals surface area contributed by atoms with Crippen LogP contribution < -0.4 is 0 Å². The third kappa shape index (κ3) is 4.57. The van der Waals surface area contributed by atoms with Crippen LogP contribution in [0.1, 0.15) is 38.5 Å². The molecule has 21 heavy (non-hydrogen) atoms. The molecule has 1 N–H and O–H groups in total. The first kappa shape index (κ1) is 16.5. The lowest BCUT2D eigenvalue weighted by Crippen LogP contribution is -2.46. The van der Waals surface area contributed by atoms with Crippen LogP contribution in [0.3, 0.4) is 0 Å². The molecule has 0 spiro atoms. The molecule has 0 unspecified atom stereocenters. The molecular weight excluding hydrogens is 287 g/mol. The van der Waals surface area contributed by atoms with E-state index in [4.69, 9.17) is 0 Å². The van der Waals surface area contributed by atoms with Crippen molar-refractivity contribution in [1.82, 2.24) is 4.90 Å². The highest BCUT2D eigenvalue weighted by Crippen LogP contribution is 2.34. The lowest BCUT2D eigenvalue weighted by atomic mass is 9.80. The van der Waals surface area contributed by atoms with E-state index in [0.29, 0.717) is 6.54 Å². The molecule has 0 radical (unpaired) electrons. The minimum absolute atomic E-state index is 0.0489. The third-order valence-electron chi connectivity index (χ3n) is 4.39. The molecule has 1 saturated heterocycles. The molecule has 1 aliphatic heterocycles. The molecule has 1 amide bonds. The van der Waals surface area contributed by atoms with E-state index in [0.717, 1.165) is 38.5 Å². The highest BCUT2D eigenvalue weighted by atomic mass is 19.4. The molecule has 0 aromatic carbocycles. The van der Waals surface area contributed by atoms with Crippen molar-refractivity contribution < 1.29 is 27.8 Å². The Morgan fingerprint density at radius 3 is 2.57 bits per heavy atom. The third-order valence-corrected chi connectivity index (χ3v) is 4.39. The summed E-state index contributed by atoms with van der Waals surface area (Å²) in [6.07, 6.45) is 0.467. The van der Waals surface area contributed by atoms with E-state index in [-0.39, 0.29) is 12.0 Å². The number of aliphatic hydroxyl groups excluding tert-OH is 1. The van der Waals surface area contributed by atoms with Crippen molar-refractivity contribution in [3.8, 4) is 0 Å². The number of ether oxygens (including phenoxy) is 1. The van der Waals surface area contributed by atoms with Crippen molar-refractivity contribution in [2.45, 2.75) is 56.8 Å². The molecule has 3 atom stereocenters. The molecule has 2 aliphatic rings. The van der Waals surface area contributed by atoms with Gasteiger partial charge in [-0.1, -0.05) is 12.8 Å². The quantitative estimate of drug-likeness (QED) is 0.865. The van der Waals surface area contributed by atoms with Crippen molar-refractivity contribution in [2.75, 3.05) is 19.8 Å². The predicted octanol–water partition coefficient (Wildman–Crippen LogP) is 2.11. The number of nitrogens with zero attached hydrogens (tertiary/aromatic N) is 1. The first-order valence-corrected chi connectivity index (χ1v) is 7.50. The fourth-order valence-corrected chi connectivity index (χ4v) is 3.47. The minimum atomic E-state index is -4.41. The highest BCUT2D eigenvalue weighted by molar-refractivity contribution is 5.78. The second-order valence-corrected chi connectivity index (χ2v) is 5.92. The lowest BCUT2D eigenvalue weighted by molar-refractivity contribution is -0.178. The van der Waals surface area contributed by atoms with E-state index in [1.807, 2.05) is 0 Å². The average Bonchev–Trinajstić information content (AvgIpc) is 2.86. The average molecular weight is 309 g/mol. The van der Waals surface area contributed by atoms with Crippen molar-refractivity contribution in [3.05, 3.63) is 0 Å². The van der Waals surface area contributed by atoms with Gasteiger partial charge in [0.1, 0.15) is 13.2 Å². The first-order valence-electron chi connectivity index (χ1n) is 7.50. The largest absolute Gasteiger partial charge is 0.411 e. The lowest BCUT2D eigenvalue weighted by Gasteiger charge is -2.37. The topological polar surface area (TPSA) is 49.8 Å². The summed E-state index contributed by atoms with van der Waals surface area (Å²) >= 11 is 0. The summed E-state index contributed by atoms with van der Waals surface area (Å²) < 4.78 is 40.5. The zero-order chi connectivity index (χ0) is 15.5. The van der Waals surface area contributed by atoms with Crippen LogP contribution in [0.25, 0.3) is 0 Å². The van der Waals surface area contributed by atoms with E-state index >= 15 is 0 Å². The van der Waals surface area contributed by atoms with Gasteiger partial charge < -0.3 is 14.7 Å². The first-order chi connectivity index (χ1) is 9.88. The van der Waals surface area contributed by atoms with Gasteiger partial charge in [0.05, 0.1) is 6.10 Å². The summed E-state index contributed by atoms with van der Waals surface area (Å²) in [5.41, 5.74) is 0. The van der Waals surface area contributed by atoms with Crippen LogP contribution in [0.2, 0.25) is 0 Å². The van der Waals surface area contributed by atoms with Gasteiger partial charge in [-0.15, -0.1) is 0 Å². The normalized spacial score (nSPS) is 30.7. The van der Waals surface area contributed by atoms with Gasteiger partial charge in [0.25, 0.3) is 0 Å². The summed E-state index contributed by atoms with van der Waals surface area (Å²) in [4.78, 5) is 13.6.